The number of rotatable bonds is 3. The van der Waals surface area contributed by atoms with Crippen LogP contribution in [0, 0.1) is 0 Å². The molecule has 2 N–H and O–H groups in total. The zero-order valence-electron chi connectivity index (χ0n) is 9.97. The highest BCUT2D eigenvalue weighted by Gasteiger charge is 2.28. The van der Waals surface area contributed by atoms with Gasteiger partial charge >= 0.3 is 5.97 Å². The quantitative estimate of drug-likeness (QED) is 0.824. The van der Waals surface area contributed by atoms with Crippen LogP contribution in [0.5, 0.6) is 0 Å². The van der Waals surface area contributed by atoms with Crippen molar-refractivity contribution >= 4 is 5.97 Å². The van der Waals surface area contributed by atoms with Gasteiger partial charge in [0, 0.05) is 11.5 Å². The zero-order valence-corrected chi connectivity index (χ0v) is 9.97. The molecular weight excluding hydrogens is 220 g/mol. The SMILES string of the molecule is CC(C)c1nc2c(c(CC(=O)O)n1)C(O)CC2. The van der Waals surface area contributed by atoms with E-state index in [1.165, 1.54) is 0 Å². The first-order valence-electron chi connectivity index (χ1n) is 5.78. The molecule has 0 radical (unpaired) electrons. The Morgan fingerprint density at radius 1 is 1.47 bits per heavy atom. The monoisotopic (exact) mass is 236 g/mol. The smallest absolute Gasteiger partial charge is 0.309 e. The molecule has 0 bridgehead atoms. The van der Waals surface area contributed by atoms with Gasteiger partial charge in [-0.15, -0.1) is 0 Å². The van der Waals surface area contributed by atoms with E-state index in [1.807, 2.05) is 13.8 Å². The summed E-state index contributed by atoms with van der Waals surface area (Å²) in [5.41, 5.74) is 1.92. The van der Waals surface area contributed by atoms with E-state index in [4.69, 9.17) is 5.11 Å². The number of aliphatic hydroxyl groups excluding tert-OH is 1. The van der Waals surface area contributed by atoms with Crippen LogP contribution in [0.25, 0.3) is 0 Å². The number of hydrogen-bond acceptors (Lipinski definition) is 4. The molecule has 17 heavy (non-hydrogen) atoms. The maximum Gasteiger partial charge on any atom is 0.309 e. The lowest BCUT2D eigenvalue weighted by molar-refractivity contribution is -0.136. The highest BCUT2D eigenvalue weighted by Crippen LogP contribution is 2.32. The van der Waals surface area contributed by atoms with Crippen molar-refractivity contribution in [2.45, 2.75) is 45.1 Å². The standard InChI is InChI=1S/C12H16N2O3/c1-6(2)12-13-7-3-4-9(15)11(7)8(14-12)5-10(16)17/h6,9,15H,3-5H2,1-2H3,(H,16,17). The molecule has 5 heteroatoms. The number of carboxylic acids is 1. The lowest BCUT2D eigenvalue weighted by Gasteiger charge is -2.12. The highest BCUT2D eigenvalue weighted by molar-refractivity contribution is 5.70. The Balaban J connectivity index is 2.50. The molecule has 0 fully saturated rings. The van der Waals surface area contributed by atoms with E-state index in [2.05, 4.69) is 9.97 Å². The zero-order chi connectivity index (χ0) is 12.6. The lowest BCUT2D eigenvalue weighted by Crippen LogP contribution is -2.12. The minimum Gasteiger partial charge on any atom is -0.481 e. The molecule has 1 aromatic rings. The Morgan fingerprint density at radius 3 is 2.76 bits per heavy atom. The van der Waals surface area contributed by atoms with E-state index in [0.29, 0.717) is 29.9 Å². The number of hydrogen-bond donors (Lipinski definition) is 2. The van der Waals surface area contributed by atoms with Crippen LogP contribution in [-0.4, -0.2) is 26.2 Å². The third-order valence-electron chi connectivity index (χ3n) is 2.94. The van der Waals surface area contributed by atoms with Crippen molar-refractivity contribution in [3.05, 3.63) is 22.8 Å². The van der Waals surface area contributed by atoms with E-state index >= 15 is 0 Å². The van der Waals surface area contributed by atoms with E-state index < -0.39 is 12.1 Å². The maximum atomic E-state index is 10.8. The first-order valence-corrected chi connectivity index (χ1v) is 5.78. The Labute approximate surface area is 99.5 Å². The van der Waals surface area contributed by atoms with Crippen molar-refractivity contribution in [2.24, 2.45) is 0 Å². The molecule has 0 aromatic carbocycles. The number of nitrogens with zero attached hydrogens (tertiary/aromatic N) is 2. The normalized spacial score (nSPS) is 18.5. The molecule has 1 unspecified atom stereocenters. The molecular formula is C12H16N2O3. The van der Waals surface area contributed by atoms with Gasteiger partial charge in [0.15, 0.2) is 0 Å². The number of carboxylic acid groups (broad SMARTS) is 1. The molecule has 92 valence electrons. The summed E-state index contributed by atoms with van der Waals surface area (Å²) >= 11 is 0. The van der Waals surface area contributed by atoms with Gasteiger partial charge in [0.2, 0.25) is 0 Å². The van der Waals surface area contributed by atoms with Gasteiger partial charge in [-0.2, -0.15) is 0 Å². The number of aliphatic carboxylic acids is 1. The van der Waals surface area contributed by atoms with Crippen LogP contribution >= 0.6 is 0 Å². The molecule has 1 heterocycles. The van der Waals surface area contributed by atoms with Crippen molar-refractivity contribution < 1.29 is 15.0 Å². The van der Waals surface area contributed by atoms with Crippen LogP contribution in [0.2, 0.25) is 0 Å². The second-order valence-corrected chi connectivity index (χ2v) is 4.67. The van der Waals surface area contributed by atoms with Gasteiger partial charge in [-0.3, -0.25) is 4.79 Å². The van der Waals surface area contributed by atoms with Gasteiger partial charge in [0.05, 0.1) is 23.9 Å². The summed E-state index contributed by atoms with van der Waals surface area (Å²) in [5, 5.41) is 18.7. The fourth-order valence-electron chi connectivity index (χ4n) is 2.12. The van der Waals surface area contributed by atoms with E-state index in [1.54, 1.807) is 0 Å². The number of aliphatic hydroxyl groups is 1. The largest absolute Gasteiger partial charge is 0.481 e. The van der Waals surface area contributed by atoms with Crippen LogP contribution in [0.1, 0.15) is 55.1 Å². The molecule has 1 aliphatic rings. The summed E-state index contributed by atoms with van der Waals surface area (Å²) in [6, 6.07) is 0. The van der Waals surface area contributed by atoms with Crippen molar-refractivity contribution in [1.29, 1.82) is 0 Å². The van der Waals surface area contributed by atoms with E-state index in [0.717, 1.165) is 5.69 Å². The first-order chi connectivity index (χ1) is 7.99. The number of aromatic nitrogens is 2. The first kappa shape index (κ1) is 12.0. The Bertz CT molecular complexity index is 457. The molecule has 0 saturated carbocycles. The fraction of sp³-hybridized carbons (Fsp3) is 0.583. The Hall–Kier alpha value is -1.49. The number of carbonyl (C=O) groups is 1. The van der Waals surface area contributed by atoms with Crippen LogP contribution in [0.3, 0.4) is 0 Å². The Kier molecular flexibility index (Phi) is 3.11. The highest BCUT2D eigenvalue weighted by atomic mass is 16.4. The van der Waals surface area contributed by atoms with Gasteiger partial charge in [0.25, 0.3) is 0 Å². The van der Waals surface area contributed by atoms with Crippen molar-refractivity contribution in [3.63, 3.8) is 0 Å². The minimum absolute atomic E-state index is 0.151. The summed E-state index contributed by atoms with van der Waals surface area (Å²) < 4.78 is 0. The van der Waals surface area contributed by atoms with Crippen molar-refractivity contribution in [3.8, 4) is 0 Å². The van der Waals surface area contributed by atoms with Gasteiger partial charge in [-0.05, 0) is 12.8 Å². The second kappa shape index (κ2) is 4.41. The third kappa shape index (κ3) is 2.29. The van der Waals surface area contributed by atoms with Gasteiger partial charge in [0.1, 0.15) is 5.82 Å². The fourth-order valence-corrected chi connectivity index (χ4v) is 2.12. The molecule has 0 aliphatic heterocycles. The molecule has 0 amide bonds. The summed E-state index contributed by atoms with van der Waals surface area (Å²) in [7, 11) is 0. The summed E-state index contributed by atoms with van der Waals surface area (Å²) in [6.07, 6.45) is 0.547. The predicted octanol–water partition coefficient (Wildman–Crippen LogP) is 1.21. The molecule has 1 atom stereocenters. The van der Waals surface area contributed by atoms with Crippen LogP contribution < -0.4 is 0 Å². The van der Waals surface area contributed by atoms with Gasteiger partial charge in [-0.25, -0.2) is 9.97 Å². The second-order valence-electron chi connectivity index (χ2n) is 4.67. The molecule has 1 aromatic heterocycles. The lowest BCUT2D eigenvalue weighted by atomic mass is 10.1. The molecule has 0 spiro atoms. The average Bonchev–Trinajstić information content (AvgIpc) is 2.59. The molecule has 2 rings (SSSR count). The molecule has 5 nitrogen and oxygen atoms in total. The molecule has 0 saturated heterocycles. The third-order valence-corrected chi connectivity index (χ3v) is 2.94. The van der Waals surface area contributed by atoms with Crippen molar-refractivity contribution in [1.82, 2.24) is 9.97 Å². The number of aryl methyl sites for hydroxylation is 1. The van der Waals surface area contributed by atoms with Crippen LogP contribution in [0.4, 0.5) is 0 Å². The Morgan fingerprint density at radius 2 is 2.18 bits per heavy atom. The predicted molar refractivity (Wildman–Crippen MR) is 60.7 cm³/mol. The van der Waals surface area contributed by atoms with Crippen molar-refractivity contribution in [2.75, 3.05) is 0 Å². The van der Waals surface area contributed by atoms with Gasteiger partial charge < -0.3 is 10.2 Å². The van der Waals surface area contributed by atoms with Crippen LogP contribution in [0.15, 0.2) is 0 Å². The summed E-state index contributed by atoms with van der Waals surface area (Å²) in [5.74, 6) is -0.112. The van der Waals surface area contributed by atoms with E-state index in [-0.39, 0.29) is 12.3 Å². The van der Waals surface area contributed by atoms with Gasteiger partial charge in [-0.1, -0.05) is 13.8 Å². The number of fused-ring (bicyclic) bond motifs is 1. The minimum atomic E-state index is -0.931. The summed E-state index contributed by atoms with van der Waals surface area (Å²) in [6.45, 7) is 3.94. The maximum absolute atomic E-state index is 10.8. The van der Waals surface area contributed by atoms with E-state index in [9.17, 15) is 9.90 Å². The summed E-state index contributed by atoms with van der Waals surface area (Å²) in [4.78, 5) is 19.5. The molecule has 1 aliphatic carbocycles. The average molecular weight is 236 g/mol. The van der Waals surface area contributed by atoms with Crippen LogP contribution in [-0.2, 0) is 17.6 Å². The topological polar surface area (TPSA) is 83.3 Å².